The summed E-state index contributed by atoms with van der Waals surface area (Å²) in [6, 6.07) is 7.77. The lowest BCUT2D eigenvalue weighted by Crippen LogP contribution is -2.49. The van der Waals surface area contributed by atoms with Gasteiger partial charge in [0.1, 0.15) is 24.8 Å². The zero-order valence-electron chi connectivity index (χ0n) is 19.1. The van der Waals surface area contributed by atoms with Crippen molar-refractivity contribution in [3.63, 3.8) is 0 Å². The summed E-state index contributed by atoms with van der Waals surface area (Å²) in [4.78, 5) is 18.4. The minimum atomic E-state index is -0.740. The van der Waals surface area contributed by atoms with Gasteiger partial charge in [0.15, 0.2) is 0 Å². The zero-order valence-corrected chi connectivity index (χ0v) is 19.9. The van der Waals surface area contributed by atoms with Crippen molar-refractivity contribution in [2.45, 2.75) is 38.5 Å². The summed E-state index contributed by atoms with van der Waals surface area (Å²) in [5, 5.41) is 12.3. The second-order valence-corrected chi connectivity index (χ2v) is 9.31. The molecule has 2 atom stereocenters. The van der Waals surface area contributed by atoms with Gasteiger partial charge in [0.05, 0.1) is 25.3 Å². The lowest BCUT2D eigenvalue weighted by Gasteiger charge is -2.38. The van der Waals surface area contributed by atoms with Crippen molar-refractivity contribution >= 4 is 17.2 Å². The van der Waals surface area contributed by atoms with Crippen LogP contribution in [0.5, 0.6) is 5.75 Å². The average molecular weight is 475 g/mol. The van der Waals surface area contributed by atoms with E-state index in [2.05, 4.69) is 5.92 Å². The van der Waals surface area contributed by atoms with Gasteiger partial charge in [-0.25, -0.2) is 4.39 Å². The molecule has 2 heterocycles. The second kappa shape index (κ2) is 12.1. The first-order valence-electron chi connectivity index (χ1n) is 11.1. The fraction of sp³-hybridized carbons (Fsp3) is 0.480. The van der Waals surface area contributed by atoms with E-state index in [9.17, 15) is 14.3 Å². The Kier molecular flexibility index (Phi) is 9.27. The molecule has 0 bridgehead atoms. The van der Waals surface area contributed by atoms with Crippen LogP contribution in [0.15, 0.2) is 35.7 Å². The third-order valence-electron chi connectivity index (χ3n) is 5.65. The summed E-state index contributed by atoms with van der Waals surface area (Å²) < 4.78 is 24.4. The number of nitrogens with zero attached hydrogens (tertiary/aromatic N) is 2. The first-order chi connectivity index (χ1) is 15.9. The van der Waals surface area contributed by atoms with E-state index < -0.39 is 6.10 Å². The van der Waals surface area contributed by atoms with Crippen LogP contribution in [-0.2, 0) is 16.0 Å². The molecule has 8 heteroatoms. The molecule has 0 aliphatic carbocycles. The Hall–Kier alpha value is -2.44. The second-order valence-electron chi connectivity index (χ2n) is 8.31. The van der Waals surface area contributed by atoms with Crippen LogP contribution in [0.3, 0.4) is 0 Å². The molecule has 6 nitrogen and oxygen atoms in total. The predicted molar refractivity (Wildman–Crippen MR) is 127 cm³/mol. The molecule has 178 valence electrons. The van der Waals surface area contributed by atoms with E-state index in [1.807, 2.05) is 35.1 Å². The highest BCUT2D eigenvalue weighted by Gasteiger charge is 2.33. The number of amides is 1. The highest BCUT2D eigenvalue weighted by Crippen LogP contribution is 2.34. The Morgan fingerprint density at radius 3 is 2.82 bits per heavy atom. The van der Waals surface area contributed by atoms with Crippen LogP contribution in [0.4, 0.5) is 4.39 Å². The molecule has 1 aromatic carbocycles. The summed E-state index contributed by atoms with van der Waals surface area (Å²) in [7, 11) is 0. The molecule has 3 rings (SSSR count). The van der Waals surface area contributed by atoms with Crippen LogP contribution in [0.25, 0.3) is 0 Å². The number of thiophene rings is 1. The van der Waals surface area contributed by atoms with Crippen LogP contribution < -0.4 is 4.74 Å². The van der Waals surface area contributed by atoms with Gasteiger partial charge < -0.3 is 19.5 Å². The molecule has 0 radical (unpaired) electrons. The SMILES string of the molecule is C#CCOC[C@H](O)CN(CC(=O)N1CCc2sccc2[C@@H]1COc1ccc(F)cc1)C(C)C. The number of aliphatic hydroxyl groups is 1. The van der Waals surface area contributed by atoms with Crippen molar-refractivity contribution in [1.82, 2.24) is 9.80 Å². The van der Waals surface area contributed by atoms with Crippen LogP contribution in [0, 0.1) is 18.2 Å². The van der Waals surface area contributed by atoms with Gasteiger partial charge in [-0.2, -0.15) is 0 Å². The number of ether oxygens (including phenoxy) is 2. The van der Waals surface area contributed by atoms with Gasteiger partial charge in [-0.05, 0) is 61.5 Å². The molecule has 1 aliphatic rings. The van der Waals surface area contributed by atoms with Gasteiger partial charge >= 0.3 is 0 Å². The molecule has 0 unspecified atom stereocenters. The number of carbonyl (C=O) groups excluding carboxylic acids is 1. The molecule has 0 saturated heterocycles. The van der Waals surface area contributed by atoms with Crippen LogP contribution in [0.2, 0.25) is 0 Å². The first-order valence-corrected chi connectivity index (χ1v) is 11.9. The molecule has 1 N–H and O–H groups in total. The van der Waals surface area contributed by atoms with E-state index in [0.29, 0.717) is 18.8 Å². The van der Waals surface area contributed by atoms with E-state index in [0.717, 1.165) is 12.0 Å². The Labute approximate surface area is 198 Å². The maximum atomic E-state index is 13.4. The number of hydrogen-bond donors (Lipinski definition) is 1. The summed E-state index contributed by atoms with van der Waals surface area (Å²) in [6.45, 7) is 5.62. The topological polar surface area (TPSA) is 62.2 Å². The summed E-state index contributed by atoms with van der Waals surface area (Å²) in [6.07, 6.45) is 5.24. The number of benzene rings is 1. The standard InChI is InChI=1S/C25H31FN2O4S/c1-4-12-31-16-20(29)14-27(18(2)3)15-25(30)28-11-9-24-22(10-13-33-24)23(28)17-32-21-7-5-19(26)6-8-21/h1,5-8,10,13,18,20,23,29H,9,11-12,14-17H2,2-3H3/t20-,23+/m1/s1. The number of hydrogen-bond acceptors (Lipinski definition) is 6. The first kappa shape index (κ1) is 25.2. The summed E-state index contributed by atoms with van der Waals surface area (Å²) in [5.41, 5.74) is 1.10. The number of halogens is 1. The molecule has 1 aliphatic heterocycles. The molecule has 2 aromatic rings. The Morgan fingerprint density at radius 1 is 1.36 bits per heavy atom. The number of terminal acetylenes is 1. The molecular weight excluding hydrogens is 443 g/mol. The van der Waals surface area contributed by atoms with E-state index in [4.69, 9.17) is 15.9 Å². The molecule has 33 heavy (non-hydrogen) atoms. The molecule has 1 aromatic heterocycles. The Bertz CT molecular complexity index is 941. The third-order valence-corrected chi connectivity index (χ3v) is 6.64. The Balaban J connectivity index is 1.68. The lowest BCUT2D eigenvalue weighted by molar-refractivity contribution is -0.137. The zero-order chi connectivity index (χ0) is 23.8. The molecule has 0 fully saturated rings. The van der Waals surface area contributed by atoms with E-state index >= 15 is 0 Å². The summed E-state index contributed by atoms with van der Waals surface area (Å²) in [5.74, 6) is 2.59. The van der Waals surface area contributed by atoms with Gasteiger partial charge in [0.2, 0.25) is 5.91 Å². The lowest BCUT2D eigenvalue weighted by atomic mass is 10.00. The molecular formula is C25H31FN2O4S. The monoisotopic (exact) mass is 474 g/mol. The third kappa shape index (κ3) is 7.02. The normalized spacial score (nSPS) is 16.5. The van der Waals surface area contributed by atoms with Crippen molar-refractivity contribution in [2.75, 3.05) is 39.5 Å². The number of aliphatic hydroxyl groups excluding tert-OH is 1. The van der Waals surface area contributed by atoms with Crippen molar-refractivity contribution < 1.29 is 23.8 Å². The van der Waals surface area contributed by atoms with Gasteiger partial charge in [-0.15, -0.1) is 17.8 Å². The van der Waals surface area contributed by atoms with Crippen molar-refractivity contribution in [3.8, 4) is 18.1 Å². The van der Waals surface area contributed by atoms with E-state index in [1.54, 1.807) is 23.5 Å². The number of fused-ring (bicyclic) bond motifs is 1. The van der Waals surface area contributed by atoms with Crippen LogP contribution >= 0.6 is 11.3 Å². The van der Waals surface area contributed by atoms with Gasteiger partial charge in [0.25, 0.3) is 0 Å². The molecule has 0 saturated carbocycles. The summed E-state index contributed by atoms with van der Waals surface area (Å²) >= 11 is 1.69. The fourth-order valence-electron chi connectivity index (χ4n) is 3.88. The van der Waals surface area contributed by atoms with Crippen molar-refractivity contribution in [3.05, 3.63) is 52.0 Å². The van der Waals surface area contributed by atoms with Gasteiger partial charge in [-0.3, -0.25) is 9.69 Å². The quantitative estimate of drug-likeness (QED) is 0.401. The van der Waals surface area contributed by atoms with Gasteiger partial charge in [-0.1, -0.05) is 5.92 Å². The highest BCUT2D eigenvalue weighted by molar-refractivity contribution is 7.10. The smallest absolute Gasteiger partial charge is 0.237 e. The molecule has 1 amide bonds. The molecule has 0 spiro atoms. The van der Waals surface area contributed by atoms with E-state index in [-0.39, 0.29) is 50.2 Å². The largest absolute Gasteiger partial charge is 0.491 e. The van der Waals surface area contributed by atoms with Crippen molar-refractivity contribution in [1.29, 1.82) is 0 Å². The maximum Gasteiger partial charge on any atom is 0.237 e. The number of carbonyl (C=O) groups is 1. The predicted octanol–water partition coefficient (Wildman–Crippen LogP) is 3.11. The minimum Gasteiger partial charge on any atom is -0.491 e. The van der Waals surface area contributed by atoms with Crippen LogP contribution in [0.1, 0.15) is 30.3 Å². The van der Waals surface area contributed by atoms with Crippen LogP contribution in [-0.4, -0.2) is 72.4 Å². The number of rotatable bonds is 11. The average Bonchev–Trinajstić information content (AvgIpc) is 3.27. The van der Waals surface area contributed by atoms with Gasteiger partial charge in [0, 0.05) is 24.0 Å². The highest BCUT2D eigenvalue weighted by atomic mass is 32.1. The minimum absolute atomic E-state index is 0.0231. The maximum absolute atomic E-state index is 13.4. The van der Waals surface area contributed by atoms with E-state index in [1.165, 1.54) is 17.0 Å². The Morgan fingerprint density at radius 2 is 2.12 bits per heavy atom. The van der Waals surface area contributed by atoms with Crippen molar-refractivity contribution in [2.24, 2.45) is 0 Å². The fourth-order valence-corrected chi connectivity index (χ4v) is 4.81.